The predicted molar refractivity (Wildman–Crippen MR) is 187 cm³/mol. The van der Waals surface area contributed by atoms with Gasteiger partial charge >= 0.3 is 37.9 Å². The molecule has 0 unspecified atom stereocenters. The van der Waals surface area contributed by atoms with Crippen molar-refractivity contribution >= 4 is 48.1 Å². The van der Waals surface area contributed by atoms with E-state index in [1.54, 1.807) is 0 Å². The summed E-state index contributed by atoms with van der Waals surface area (Å²) in [5.74, 6) is 0.584. The number of benzene rings is 4. The Bertz CT molecular complexity index is 1680. The van der Waals surface area contributed by atoms with Crippen LogP contribution in [-0.2, 0) is 20.8 Å². The minimum absolute atomic E-state index is 0.584. The van der Waals surface area contributed by atoms with Gasteiger partial charge in [-0.1, -0.05) is 117 Å². The van der Waals surface area contributed by atoms with Gasteiger partial charge in [-0.2, -0.15) is 12.1 Å². The third-order valence-electron chi connectivity index (χ3n) is 7.07. The number of fused-ring (bicyclic) bond motifs is 2. The van der Waals surface area contributed by atoms with Crippen molar-refractivity contribution in [3.8, 4) is 22.3 Å². The van der Waals surface area contributed by atoms with E-state index in [9.17, 15) is 0 Å². The maximum atomic E-state index is 4.93. The van der Waals surface area contributed by atoms with Crippen LogP contribution in [0.25, 0.3) is 43.8 Å². The van der Waals surface area contributed by atoms with Gasteiger partial charge in [-0.25, -0.2) is 0 Å². The van der Waals surface area contributed by atoms with Crippen LogP contribution in [0.5, 0.6) is 0 Å². The molecule has 0 bridgehead atoms. The Morgan fingerprint density at radius 1 is 0.643 bits per heavy atom. The Balaban J connectivity index is 0.000000195. The van der Waals surface area contributed by atoms with Crippen molar-refractivity contribution < 1.29 is 20.8 Å². The van der Waals surface area contributed by atoms with Crippen LogP contribution in [0, 0.1) is 20.8 Å². The van der Waals surface area contributed by atoms with Gasteiger partial charge in [0.05, 0.1) is 0 Å². The van der Waals surface area contributed by atoms with Crippen LogP contribution in [0.4, 0.5) is 0 Å². The van der Waals surface area contributed by atoms with Gasteiger partial charge in [-0.05, 0) is 36.5 Å². The van der Waals surface area contributed by atoms with Crippen LogP contribution < -0.4 is 0 Å². The van der Waals surface area contributed by atoms with E-state index in [-0.39, 0.29) is 0 Å². The first-order valence-electron chi connectivity index (χ1n) is 14.3. The van der Waals surface area contributed by atoms with Crippen molar-refractivity contribution in [1.82, 2.24) is 0 Å². The molecule has 0 aliphatic heterocycles. The van der Waals surface area contributed by atoms with E-state index in [1.165, 1.54) is 66.1 Å². The molecule has 0 heterocycles. The summed E-state index contributed by atoms with van der Waals surface area (Å²) in [6.07, 6.45) is 0. The summed E-state index contributed by atoms with van der Waals surface area (Å²) in [6, 6.07) is 39.6. The number of aryl methyl sites for hydroxylation is 3. The number of rotatable bonds is 3. The molecular formula is C38H40Cl2SiZr. The first-order chi connectivity index (χ1) is 20.2. The van der Waals surface area contributed by atoms with Gasteiger partial charge in [0.2, 0.25) is 0 Å². The standard InChI is InChI=1S/2C18H17.C2H6Si.2ClH.Zr/c1-12-8-15-9-13(2)11-18(17(15)10-12)16-7-5-4-6-14(16)3;1-13(2)16-11-15-9-6-10-17(18(15)12-16)14-7-4-3-5-8-14;1-3-2;;;/h4-11H,1-3H3;3-13H,1-2H3;1-2H3;2*1H;/q2*-1;;;;+4/p-2. The zero-order valence-corrected chi connectivity index (χ0v) is 30.7. The van der Waals surface area contributed by atoms with Gasteiger partial charge in [0.15, 0.2) is 0 Å². The summed E-state index contributed by atoms with van der Waals surface area (Å²) in [5.41, 5.74) is 10.8. The second kappa shape index (κ2) is 17.2. The Morgan fingerprint density at radius 3 is 1.88 bits per heavy atom. The number of hydrogen-bond acceptors (Lipinski definition) is 0. The first kappa shape index (κ1) is 34.3. The Morgan fingerprint density at radius 2 is 1.24 bits per heavy atom. The van der Waals surface area contributed by atoms with Gasteiger partial charge in [0.25, 0.3) is 0 Å². The molecule has 0 saturated carbocycles. The number of hydrogen-bond donors (Lipinski definition) is 0. The molecule has 0 amide bonds. The topological polar surface area (TPSA) is 0 Å². The van der Waals surface area contributed by atoms with Crippen LogP contribution in [0.15, 0.2) is 109 Å². The summed E-state index contributed by atoms with van der Waals surface area (Å²) in [6.45, 7) is 15.3. The van der Waals surface area contributed by atoms with Crippen molar-refractivity contribution in [3.05, 3.63) is 131 Å². The molecule has 0 aromatic heterocycles. The normalized spacial score (nSPS) is 10.2. The van der Waals surface area contributed by atoms with Crippen molar-refractivity contribution in [2.45, 2.75) is 53.6 Å². The van der Waals surface area contributed by atoms with E-state index >= 15 is 0 Å². The van der Waals surface area contributed by atoms with Crippen LogP contribution in [0.1, 0.15) is 42.0 Å². The molecule has 0 saturated heterocycles. The fraction of sp³-hybridized carbons (Fsp3) is 0.211. The van der Waals surface area contributed by atoms with E-state index < -0.39 is 20.8 Å². The monoisotopic (exact) mass is 684 g/mol. The van der Waals surface area contributed by atoms with E-state index in [4.69, 9.17) is 17.0 Å². The molecule has 0 atom stereocenters. The zero-order valence-electron chi connectivity index (χ0n) is 25.7. The molecule has 0 nitrogen and oxygen atoms in total. The Kier molecular flexibility index (Phi) is 14.0. The van der Waals surface area contributed by atoms with Gasteiger partial charge < -0.3 is 0 Å². The second-order valence-corrected chi connectivity index (χ2v) is 15.6. The zero-order chi connectivity index (χ0) is 30.6. The minimum atomic E-state index is -0.826. The van der Waals surface area contributed by atoms with Crippen LogP contribution in [0.3, 0.4) is 0 Å². The molecule has 42 heavy (non-hydrogen) atoms. The van der Waals surface area contributed by atoms with Crippen molar-refractivity contribution in [1.29, 1.82) is 0 Å². The molecule has 6 aromatic carbocycles. The molecule has 4 heteroatoms. The molecule has 214 valence electrons. The molecule has 6 rings (SSSR count). The number of halogens is 2. The van der Waals surface area contributed by atoms with E-state index in [0.717, 1.165) is 9.52 Å². The van der Waals surface area contributed by atoms with Gasteiger partial charge in [0, 0.05) is 9.52 Å². The molecule has 2 radical (unpaired) electrons. The average Bonchev–Trinajstić information content (AvgIpc) is 3.58. The van der Waals surface area contributed by atoms with Crippen molar-refractivity contribution in [2.75, 3.05) is 0 Å². The molecule has 0 aliphatic carbocycles. The first-order valence-corrected chi connectivity index (χ1v) is 22.6. The van der Waals surface area contributed by atoms with Crippen LogP contribution in [-0.4, -0.2) is 9.52 Å². The predicted octanol–water partition coefficient (Wildman–Crippen LogP) is 12.7. The Labute approximate surface area is 274 Å². The summed E-state index contributed by atoms with van der Waals surface area (Å²) in [7, 11) is 11.0. The SMILES string of the molecule is CC(C)c1cc2c(-c3ccccc3)cccc2[cH-]1.C[Si]C.Cc1cc(-c2ccccc2C)c2cc(C)[cH-]c2c1.[Cl][Zr+2][Cl]. The third kappa shape index (κ3) is 9.14. The summed E-state index contributed by atoms with van der Waals surface area (Å²) >= 11 is -0.826. The summed E-state index contributed by atoms with van der Waals surface area (Å²) < 4.78 is 0. The van der Waals surface area contributed by atoms with Crippen molar-refractivity contribution in [2.24, 2.45) is 0 Å². The third-order valence-corrected chi connectivity index (χ3v) is 7.07. The van der Waals surface area contributed by atoms with Crippen LogP contribution >= 0.6 is 17.0 Å². The van der Waals surface area contributed by atoms with Gasteiger partial charge in [-0.15, -0.1) is 63.0 Å². The fourth-order valence-electron chi connectivity index (χ4n) is 5.18. The van der Waals surface area contributed by atoms with E-state index in [1.807, 2.05) is 0 Å². The molecule has 6 aromatic rings. The fourth-order valence-corrected chi connectivity index (χ4v) is 5.18. The summed E-state index contributed by atoms with van der Waals surface area (Å²) in [5, 5.41) is 5.44. The maximum absolute atomic E-state index is 4.93. The van der Waals surface area contributed by atoms with Gasteiger partial charge in [0.1, 0.15) is 0 Å². The van der Waals surface area contributed by atoms with Gasteiger partial charge in [-0.3, -0.25) is 0 Å². The average molecular weight is 687 g/mol. The van der Waals surface area contributed by atoms with Crippen LogP contribution in [0.2, 0.25) is 13.1 Å². The second-order valence-electron chi connectivity index (χ2n) is 10.9. The van der Waals surface area contributed by atoms with E-state index in [2.05, 4.69) is 157 Å². The van der Waals surface area contributed by atoms with Crippen molar-refractivity contribution in [3.63, 3.8) is 0 Å². The molecular weight excluding hydrogens is 647 g/mol. The molecule has 0 N–H and O–H groups in total. The van der Waals surface area contributed by atoms with E-state index in [0.29, 0.717) is 5.92 Å². The molecule has 0 aliphatic rings. The Hall–Kier alpha value is -2.22. The summed E-state index contributed by atoms with van der Waals surface area (Å²) in [4.78, 5) is 0. The molecule has 0 spiro atoms. The quantitative estimate of drug-likeness (QED) is 0.128. The molecule has 0 fully saturated rings.